The van der Waals surface area contributed by atoms with Crippen molar-refractivity contribution in [3.63, 3.8) is 0 Å². The van der Waals surface area contributed by atoms with E-state index in [1.54, 1.807) is 22.0 Å². The van der Waals surface area contributed by atoms with Gasteiger partial charge < -0.3 is 10.2 Å². The van der Waals surface area contributed by atoms with Gasteiger partial charge in [0.1, 0.15) is 0 Å². The van der Waals surface area contributed by atoms with Gasteiger partial charge in [0.2, 0.25) is 11.8 Å². The zero-order valence-electron chi connectivity index (χ0n) is 12.4. The quantitative estimate of drug-likeness (QED) is 0.910. The fourth-order valence-electron chi connectivity index (χ4n) is 3.25. The fourth-order valence-corrected chi connectivity index (χ4v) is 3.25. The number of amides is 2. The fraction of sp³-hybridized carbons (Fsp3) is 0.667. The molecule has 1 aliphatic carbocycles. The maximum Gasteiger partial charge on any atom is 0.227 e. The summed E-state index contributed by atoms with van der Waals surface area (Å²) < 4.78 is 1.66. The molecule has 0 unspecified atom stereocenters. The van der Waals surface area contributed by atoms with E-state index in [2.05, 4.69) is 10.4 Å². The van der Waals surface area contributed by atoms with Crippen LogP contribution in [0.5, 0.6) is 0 Å². The molecule has 21 heavy (non-hydrogen) atoms. The lowest BCUT2D eigenvalue weighted by Gasteiger charge is -2.24. The van der Waals surface area contributed by atoms with Gasteiger partial charge in [0, 0.05) is 32.3 Å². The molecule has 2 aliphatic rings. The van der Waals surface area contributed by atoms with Crippen molar-refractivity contribution in [2.75, 3.05) is 11.4 Å². The molecule has 0 aromatic carbocycles. The second-order valence-electron chi connectivity index (χ2n) is 6.12. The summed E-state index contributed by atoms with van der Waals surface area (Å²) in [7, 11) is 1.82. The predicted molar refractivity (Wildman–Crippen MR) is 78.7 cm³/mol. The number of carbonyl (C=O) groups excluding carboxylic acids is 2. The lowest BCUT2D eigenvalue weighted by Crippen LogP contribution is -2.40. The molecular weight excluding hydrogens is 268 g/mol. The van der Waals surface area contributed by atoms with Gasteiger partial charge in [-0.3, -0.25) is 14.3 Å². The summed E-state index contributed by atoms with van der Waals surface area (Å²) in [4.78, 5) is 26.1. The van der Waals surface area contributed by atoms with Crippen LogP contribution < -0.4 is 10.2 Å². The van der Waals surface area contributed by atoms with Crippen molar-refractivity contribution in [1.82, 2.24) is 15.1 Å². The number of rotatable bonds is 3. The minimum atomic E-state index is -0.236. The minimum absolute atomic E-state index is 0.00629. The van der Waals surface area contributed by atoms with Crippen LogP contribution in [0.2, 0.25) is 0 Å². The monoisotopic (exact) mass is 290 g/mol. The summed E-state index contributed by atoms with van der Waals surface area (Å²) in [6, 6.07) is 0.300. The van der Waals surface area contributed by atoms with Crippen molar-refractivity contribution in [3.05, 3.63) is 12.4 Å². The standard InChI is InChI=1S/C15H22N4O2/c1-18-10-13(8-16-18)19-9-11(7-14(19)20)15(21)17-12-5-3-2-4-6-12/h8,10-12H,2-7,9H2,1H3,(H,17,21)/t11-/m0/s1. The second kappa shape index (κ2) is 5.87. The van der Waals surface area contributed by atoms with Gasteiger partial charge >= 0.3 is 0 Å². The van der Waals surface area contributed by atoms with Crippen molar-refractivity contribution in [2.24, 2.45) is 13.0 Å². The predicted octanol–water partition coefficient (Wildman–Crippen LogP) is 1.22. The third kappa shape index (κ3) is 3.09. The van der Waals surface area contributed by atoms with Gasteiger partial charge in [-0.1, -0.05) is 19.3 Å². The molecule has 1 aliphatic heterocycles. The van der Waals surface area contributed by atoms with Crippen molar-refractivity contribution in [2.45, 2.75) is 44.6 Å². The van der Waals surface area contributed by atoms with Gasteiger partial charge in [0.15, 0.2) is 0 Å². The van der Waals surface area contributed by atoms with Crippen molar-refractivity contribution >= 4 is 17.5 Å². The largest absolute Gasteiger partial charge is 0.353 e. The number of carbonyl (C=O) groups is 2. The Labute approximate surface area is 124 Å². The van der Waals surface area contributed by atoms with E-state index in [0.29, 0.717) is 19.0 Å². The van der Waals surface area contributed by atoms with Crippen molar-refractivity contribution in [3.8, 4) is 0 Å². The summed E-state index contributed by atoms with van der Waals surface area (Å²) in [5.74, 6) is -0.201. The van der Waals surface area contributed by atoms with Gasteiger partial charge in [-0.15, -0.1) is 0 Å². The van der Waals surface area contributed by atoms with E-state index in [4.69, 9.17) is 0 Å². The molecule has 0 bridgehead atoms. The van der Waals surface area contributed by atoms with Crippen LogP contribution in [-0.4, -0.2) is 34.2 Å². The molecule has 1 atom stereocenters. The summed E-state index contributed by atoms with van der Waals surface area (Å²) in [6.07, 6.45) is 9.55. The Balaban J connectivity index is 1.59. The lowest BCUT2D eigenvalue weighted by molar-refractivity contribution is -0.127. The smallest absolute Gasteiger partial charge is 0.227 e. The van der Waals surface area contributed by atoms with Crippen LogP contribution in [0, 0.1) is 5.92 Å². The molecule has 1 saturated heterocycles. The molecule has 114 valence electrons. The van der Waals surface area contributed by atoms with Crippen LogP contribution in [-0.2, 0) is 16.6 Å². The molecule has 2 fully saturated rings. The Hall–Kier alpha value is -1.85. The van der Waals surface area contributed by atoms with E-state index in [0.717, 1.165) is 18.5 Å². The molecule has 6 heteroatoms. The summed E-state index contributed by atoms with van der Waals surface area (Å²) in [5.41, 5.74) is 0.774. The molecule has 2 heterocycles. The summed E-state index contributed by atoms with van der Waals surface area (Å²) >= 11 is 0. The molecule has 1 N–H and O–H groups in total. The number of anilines is 1. The molecular formula is C15H22N4O2. The topological polar surface area (TPSA) is 67.2 Å². The first-order chi connectivity index (χ1) is 10.1. The van der Waals surface area contributed by atoms with Gasteiger partial charge in [-0.25, -0.2) is 0 Å². The normalized spacial score (nSPS) is 23.6. The molecule has 0 spiro atoms. The van der Waals surface area contributed by atoms with Gasteiger partial charge in [0.05, 0.1) is 17.8 Å². The number of aryl methyl sites for hydroxylation is 1. The Morgan fingerprint density at radius 1 is 1.33 bits per heavy atom. The number of hydrogen-bond donors (Lipinski definition) is 1. The number of aromatic nitrogens is 2. The van der Waals surface area contributed by atoms with E-state index in [-0.39, 0.29) is 17.7 Å². The van der Waals surface area contributed by atoms with Crippen LogP contribution in [0.25, 0.3) is 0 Å². The van der Waals surface area contributed by atoms with Crippen LogP contribution in [0.4, 0.5) is 5.69 Å². The molecule has 3 rings (SSSR count). The highest BCUT2D eigenvalue weighted by molar-refractivity contribution is 6.00. The highest BCUT2D eigenvalue weighted by Crippen LogP contribution is 2.25. The first kappa shape index (κ1) is 14.1. The SMILES string of the molecule is Cn1cc(N2C[C@@H](C(=O)NC3CCCCC3)CC2=O)cn1. The van der Waals surface area contributed by atoms with Crippen molar-refractivity contribution in [1.29, 1.82) is 0 Å². The van der Waals surface area contributed by atoms with E-state index in [1.165, 1.54) is 19.3 Å². The maximum absolute atomic E-state index is 12.3. The Morgan fingerprint density at radius 2 is 2.10 bits per heavy atom. The number of nitrogens with one attached hydrogen (secondary N) is 1. The third-order valence-electron chi connectivity index (χ3n) is 4.45. The van der Waals surface area contributed by atoms with E-state index >= 15 is 0 Å². The van der Waals surface area contributed by atoms with Gasteiger partial charge in [-0.2, -0.15) is 5.10 Å². The van der Waals surface area contributed by atoms with Crippen LogP contribution >= 0.6 is 0 Å². The second-order valence-corrected chi connectivity index (χ2v) is 6.12. The maximum atomic E-state index is 12.3. The highest BCUT2D eigenvalue weighted by atomic mass is 16.2. The number of hydrogen-bond acceptors (Lipinski definition) is 3. The highest BCUT2D eigenvalue weighted by Gasteiger charge is 2.36. The van der Waals surface area contributed by atoms with Crippen LogP contribution in [0.3, 0.4) is 0 Å². The first-order valence-corrected chi connectivity index (χ1v) is 7.73. The molecule has 1 saturated carbocycles. The van der Waals surface area contributed by atoms with Gasteiger partial charge in [-0.05, 0) is 12.8 Å². The van der Waals surface area contributed by atoms with E-state index in [9.17, 15) is 9.59 Å². The molecule has 6 nitrogen and oxygen atoms in total. The molecule has 2 amide bonds. The number of nitrogens with zero attached hydrogens (tertiary/aromatic N) is 3. The van der Waals surface area contributed by atoms with E-state index in [1.807, 2.05) is 7.05 Å². The average Bonchev–Trinajstić information content (AvgIpc) is 3.06. The Kier molecular flexibility index (Phi) is 3.94. The summed E-state index contributed by atoms with van der Waals surface area (Å²) in [5, 5.41) is 7.20. The first-order valence-electron chi connectivity index (χ1n) is 7.73. The van der Waals surface area contributed by atoms with Crippen LogP contribution in [0.15, 0.2) is 12.4 Å². The third-order valence-corrected chi connectivity index (χ3v) is 4.45. The van der Waals surface area contributed by atoms with E-state index < -0.39 is 0 Å². The molecule has 1 aromatic rings. The zero-order valence-corrected chi connectivity index (χ0v) is 12.4. The zero-order chi connectivity index (χ0) is 14.8. The average molecular weight is 290 g/mol. The van der Waals surface area contributed by atoms with Gasteiger partial charge in [0.25, 0.3) is 0 Å². The Morgan fingerprint density at radius 3 is 2.76 bits per heavy atom. The minimum Gasteiger partial charge on any atom is -0.353 e. The summed E-state index contributed by atoms with van der Waals surface area (Å²) in [6.45, 7) is 0.461. The lowest BCUT2D eigenvalue weighted by atomic mass is 9.95. The molecule has 0 radical (unpaired) electrons. The molecule has 1 aromatic heterocycles. The Bertz CT molecular complexity index is 534. The van der Waals surface area contributed by atoms with Crippen molar-refractivity contribution < 1.29 is 9.59 Å². The van der Waals surface area contributed by atoms with Crippen LogP contribution in [0.1, 0.15) is 38.5 Å².